The largest absolute Gasteiger partial charge is 0.491 e. The lowest BCUT2D eigenvalue weighted by Crippen LogP contribution is -2.55. The lowest BCUT2D eigenvalue weighted by molar-refractivity contribution is -0.0653. The van der Waals surface area contributed by atoms with Crippen LogP contribution in [0.25, 0.3) is 0 Å². The van der Waals surface area contributed by atoms with Gasteiger partial charge in [0.25, 0.3) is 0 Å². The van der Waals surface area contributed by atoms with Gasteiger partial charge >= 0.3 is 0 Å². The van der Waals surface area contributed by atoms with Gasteiger partial charge in [0.15, 0.2) is 0 Å². The van der Waals surface area contributed by atoms with E-state index < -0.39 is 37.1 Å². The molecule has 0 amide bonds. The van der Waals surface area contributed by atoms with E-state index in [9.17, 15) is 20.4 Å². The first kappa shape index (κ1) is 17.9. The fraction of sp³-hybridized carbons (Fsp3) is 0.500. The molecule has 128 valence electrons. The third-order valence-corrected chi connectivity index (χ3v) is 3.77. The molecule has 1 aliphatic carbocycles. The number of hydrogen-bond donors (Lipinski definition) is 6. The van der Waals surface area contributed by atoms with E-state index in [1.54, 1.807) is 12.1 Å². The Morgan fingerprint density at radius 1 is 1.09 bits per heavy atom. The van der Waals surface area contributed by atoms with E-state index in [4.69, 9.17) is 9.84 Å². The Kier molecular flexibility index (Phi) is 6.52. The second kappa shape index (κ2) is 8.39. The quantitative estimate of drug-likeness (QED) is 0.334. The molecule has 0 fully saturated rings. The van der Waals surface area contributed by atoms with Gasteiger partial charge in [0.1, 0.15) is 36.8 Å². The fourth-order valence-electron chi connectivity index (χ4n) is 2.41. The molecule has 1 unspecified atom stereocenters. The minimum absolute atomic E-state index is 0.0710. The summed E-state index contributed by atoms with van der Waals surface area (Å²) in [6.45, 7) is -0.225. The van der Waals surface area contributed by atoms with Crippen LogP contribution in [-0.2, 0) is 0 Å². The van der Waals surface area contributed by atoms with Crippen molar-refractivity contribution in [1.29, 1.82) is 0 Å². The molecule has 0 saturated carbocycles. The molecule has 0 bridgehead atoms. The van der Waals surface area contributed by atoms with Crippen LogP contribution in [0, 0.1) is 0 Å². The molecular formula is C16H23NO6. The summed E-state index contributed by atoms with van der Waals surface area (Å²) in [5, 5.41) is 51.3. The SMILES string of the molecule is OCC1=C[C@H](NCC(O)COc2ccccc2)[C@H](O)[C@H](O)[C@@H]1O. The van der Waals surface area contributed by atoms with Gasteiger partial charge in [-0.05, 0) is 17.7 Å². The van der Waals surface area contributed by atoms with Crippen LogP contribution in [0.1, 0.15) is 0 Å². The van der Waals surface area contributed by atoms with Crippen LogP contribution in [0.2, 0.25) is 0 Å². The predicted molar refractivity (Wildman–Crippen MR) is 82.9 cm³/mol. The van der Waals surface area contributed by atoms with Crippen molar-refractivity contribution in [3.8, 4) is 5.75 Å². The van der Waals surface area contributed by atoms with Gasteiger partial charge in [-0.3, -0.25) is 0 Å². The molecule has 0 aromatic heterocycles. The highest BCUT2D eigenvalue weighted by Crippen LogP contribution is 2.20. The average Bonchev–Trinajstić information content (AvgIpc) is 2.58. The molecule has 6 N–H and O–H groups in total. The van der Waals surface area contributed by atoms with Gasteiger partial charge in [0.05, 0.1) is 12.6 Å². The van der Waals surface area contributed by atoms with Crippen molar-refractivity contribution in [1.82, 2.24) is 5.32 Å². The molecular weight excluding hydrogens is 302 g/mol. The number of aliphatic hydroxyl groups is 5. The molecule has 1 aliphatic rings. The van der Waals surface area contributed by atoms with Gasteiger partial charge in [0.2, 0.25) is 0 Å². The predicted octanol–water partition coefficient (Wildman–Crippen LogP) is -1.60. The van der Waals surface area contributed by atoms with Crippen molar-refractivity contribution in [3.63, 3.8) is 0 Å². The van der Waals surface area contributed by atoms with E-state index in [0.717, 1.165) is 0 Å². The zero-order valence-corrected chi connectivity index (χ0v) is 12.6. The summed E-state index contributed by atoms with van der Waals surface area (Å²) >= 11 is 0. The Morgan fingerprint density at radius 2 is 1.78 bits per heavy atom. The lowest BCUT2D eigenvalue weighted by atomic mass is 9.88. The van der Waals surface area contributed by atoms with Gasteiger partial charge in [-0.1, -0.05) is 24.3 Å². The Labute approximate surface area is 134 Å². The number of hydrogen-bond acceptors (Lipinski definition) is 7. The van der Waals surface area contributed by atoms with Crippen molar-refractivity contribution < 1.29 is 30.3 Å². The highest BCUT2D eigenvalue weighted by molar-refractivity contribution is 5.22. The van der Waals surface area contributed by atoms with Crippen molar-refractivity contribution in [2.45, 2.75) is 30.5 Å². The zero-order valence-electron chi connectivity index (χ0n) is 12.6. The second-order valence-electron chi connectivity index (χ2n) is 5.54. The van der Waals surface area contributed by atoms with Crippen molar-refractivity contribution in [2.24, 2.45) is 0 Å². The molecule has 1 aromatic rings. The van der Waals surface area contributed by atoms with Gasteiger partial charge in [-0.15, -0.1) is 0 Å². The third-order valence-electron chi connectivity index (χ3n) is 3.77. The molecule has 23 heavy (non-hydrogen) atoms. The van der Waals surface area contributed by atoms with Crippen LogP contribution < -0.4 is 10.1 Å². The first-order valence-corrected chi connectivity index (χ1v) is 7.48. The topological polar surface area (TPSA) is 122 Å². The highest BCUT2D eigenvalue weighted by atomic mass is 16.5. The van der Waals surface area contributed by atoms with Crippen LogP contribution in [0.15, 0.2) is 42.0 Å². The molecule has 7 nitrogen and oxygen atoms in total. The molecule has 0 spiro atoms. The summed E-state index contributed by atoms with van der Waals surface area (Å²) in [4.78, 5) is 0. The van der Waals surface area contributed by atoms with E-state index >= 15 is 0 Å². The average molecular weight is 325 g/mol. The highest BCUT2D eigenvalue weighted by Gasteiger charge is 2.36. The zero-order chi connectivity index (χ0) is 16.8. The third kappa shape index (κ3) is 4.74. The first-order valence-electron chi connectivity index (χ1n) is 7.48. The summed E-state index contributed by atoms with van der Waals surface area (Å²) in [7, 11) is 0. The van der Waals surface area contributed by atoms with E-state index in [-0.39, 0.29) is 18.7 Å². The van der Waals surface area contributed by atoms with Crippen molar-refractivity contribution >= 4 is 0 Å². The van der Waals surface area contributed by atoms with Crippen LogP contribution in [0.5, 0.6) is 5.75 Å². The van der Waals surface area contributed by atoms with Crippen molar-refractivity contribution in [3.05, 3.63) is 42.0 Å². The summed E-state index contributed by atoms with van der Waals surface area (Å²) in [6.07, 6.45) is -3.27. The van der Waals surface area contributed by atoms with Gasteiger partial charge in [0, 0.05) is 6.54 Å². The minimum atomic E-state index is -1.39. The van der Waals surface area contributed by atoms with Crippen LogP contribution in [0.4, 0.5) is 0 Å². The van der Waals surface area contributed by atoms with Crippen LogP contribution in [-0.4, -0.2) is 75.7 Å². The van der Waals surface area contributed by atoms with E-state index in [0.29, 0.717) is 5.75 Å². The number of aliphatic hydroxyl groups excluding tert-OH is 5. The van der Waals surface area contributed by atoms with Gasteiger partial charge in [-0.25, -0.2) is 0 Å². The molecule has 2 rings (SSSR count). The molecule has 5 atom stereocenters. The van der Waals surface area contributed by atoms with E-state index in [2.05, 4.69) is 5.32 Å². The molecule has 7 heteroatoms. The molecule has 1 aromatic carbocycles. The number of benzene rings is 1. The fourth-order valence-corrected chi connectivity index (χ4v) is 2.41. The smallest absolute Gasteiger partial charge is 0.119 e. The summed E-state index contributed by atoms with van der Waals surface area (Å²) in [6, 6.07) is 8.39. The van der Waals surface area contributed by atoms with E-state index in [1.165, 1.54) is 6.08 Å². The maximum atomic E-state index is 9.93. The molecule has 0 aliphatic heterocycles. The van der Waals surface area contributed by atoms with Gasteiger partial charge < -0.3 is 35.6 Å². The Balaban J connectivity index is 1.83. The maximum Gasteiger partial charge on any atom is 0.119 e. The number of ether oxygens (including phenoxy) is 1. The maximum absolute atomic E-state index is 9.93. The number of para-hydroxylation sites is 1. The second-order valence-corrected chi connectivity index (χ2v) is 5.54. The Bertz CT molecular complexity index is 509. The molecule has 0 radical (unpaired) electrons. The lowest BCUT2D eigenvalue weighted by Gasteiger charge is -2.35. The Morgan fingerprint density at radius 3 is 2.43 bits per heavy atom. The summed E-state index contributed by atoms with van der Waals surface area (Å²) in [5.41, 5.74) is 0.232. The van der Waals surface area contributed by atoms with Crippen LogP contribution >= 0.6 is 0 Å². The normalized spacial score (nSPS) is 29.0. The standard InChI is InChI=1S/C16H23NO6/c18-8-10-6-13(15(21)16(22)14(10)20)17-7-11(19)9-23-12-4-2-1-3-5-12/h1-6,11,13-22H,7-9H2/t11?,13-,14+,15-,16+/m0/s1. The minimum Gasteiger partial charge on any atom is -0.491 e. The monoisotopic (exact) mass is 325 g/mol. The number of nitrogens with one attached hydrogen (secondary N) is 1. The summed E-state index contributed by atoms with van der Waals surface area (Å²) in [5.74, 6) is 0.644. The first-order chi connectivity index (χ1) is 11.0. The summed E-state index contributed by atoms with van der Waals surface area (Å²) < 4.78 is 5.42. The molecule has 0 saturated heterocycles. The van der Waals surface area contributed by atoms with Crippen molar-refractivity contribution in [2.75, 3.05) is 19.8 Å². The Hall–Kier alpha value is -1.48. The number of rotatable bonds is 7. The van der Waals surface area contributed by atoms with Crippen LogP contribution in [0.3, 0.4) is 0 Å². The molecule has 0 heterocycles. The van der Waals surface area contributed by atoms with E-state index in [1.807, 2.05) is 18.2 Å². The van der Waals surface area contributed by atoms with Gasteiger partial charge in [-0.2, -0.15) is 0 Å².